The molecule has 1 aliphatic rings. The maximum atomic E-state index is 12.0. The molecule has 1 aromatic rings. The lowest BCUT2D eigenvalue weighted by Gasteiger charge is -2.19. The largest absolute Gasteiger partial charge is 0.343 e. The number of nitrogens with zero attached hydrogens (tertiary/aromatic N) is 1. The summed E-state index contributed by atoms with van der Waals surface area (Å²) in [5.41, 5.74) is 1.19. The van der Waals surface area contributed by atoms with Crippen molar-refractivity contribution in [3.05, 3.63) is 34.9 Å². The van der Waals surface area contributed by atoms with E-state index < -0.39 is 0 Å². The summed E-state index contributed by atoms with van der Waals surface area (Å²) < 4.78 is 0. The van der Waals surface area contributed by atoms with E-state index in [1.807, 2.05) is 23.1 Å². The Hall–Kier alpha value is -1.06. The maximum absolute atomic E-state index is 12.0. The van der Waals surface area contributed by atoms with Gasteiger partial charge in [-0.2, -0.15) is 0 Å². The quantitative estimate of drug-likeness (QED) is 0.872. The molecule has 1 aliphatic heterocycles. The van der Waals surface area contributed by atoms with E-state index >= 15 is 0 Å². The molecule has 0 saturated carbocycles. The average Bonchev–Trinajstić information content (AvgIpc) is 2.97. The lowest BCUT2D eigenvalue weighted by Crippen LogP contribution is -2.31. The van der Waals surface area contributed by atoms with Gasteiger partial charge in [0.25, 0.3) is 0 Å². The molecule has 1 amide bonds. The number of hydrogen-bond acceptors (Lipinski definition) is 2. The van der Waals surface area contributed by atoms with Crippen LogP contribution in [0.1, 0.15) is 44.2 Å². The van der Waals surface area contributed by atoms with Gasteiger partial charge in [0.2, 0.25) is 5.91 Å². The van der Waals surface area contributed by atoms with E-state index in [4.69, 9.17) is 11.6 Å². The van der Waals surface area contributed by atoms with Crippen molar-refractivity contribution in [1.29, 1.82) is 0 Å². The van der Waals surface area contributed by atoms with E-state index in [1.54, 1.807) is 0 Å². The molecule has 1 unspecified atom stereocenters. The minimum atomic E-state index is 0.264. The van der Waals surface area contributed by atoms with Crippen molar-refractivity contribution in [3.63, 3.8) is 0 Å². The first-order valence-electron chi connectivity index (χ1n) is 7.47. The third kappa shape index (κ3) is 4.22. The second-order valence-electron chi connectivity index (χ2n) is 5.31. The Morgan fingerprint density at radius 1 is 1.40 bits per heavy atom. The Labute approximate surface area is 126 Å². The first-order valence-corrected chi connectivity index (χ1v) is 7.85. The first-order chi connectivity index (χ1) is 9.70. The summed E-state index contributed by atoms with van der Waals surface area (Å²) in [5.74, 6) is 0.274. The number of nitrogens with one attached hydrogen (secondary N) is 1. The number of carbonyl (C=O) groups is 1. The van der Waals surface area contributed by atoms with Gasteiger partial charge in [0.15, 0.2) is 0 Å². The van der Waals surface area contributed by atoms with Crippen molar-refractivity contribution in [3.8, 4) is 0 Å². The number of carbonyl (C=O) groups excluding carboxylic acids is 1. The molecule has 1 atom stereocenters. The molecule has 0 bridgehead atoms. The van der Waals surface area contributed by atoms with Crippen LogP contribution >= 0.6 is 11.6 Å². The Morgan fingerprint density at radius 3 is 2.80 bits per heavy atom. The first kappa shape index (κ1) is 15.3. The molecule has 20 heavy (non-hydrogen) atoms. The fourth-order valence-electron chi connectivity index (χ4n) is 2.70. The van der Waals surface area contributed by atoms with E-state index in [9.17, 15) is 4.79 Å². The summed E-state index contributed by atoms with van der Waals surface area (Å²) in [5, 5.41) is 4.22. The number of benzene rings is 1. The minimum absolute atomic E-state index is 0.264. The highest BCUT2D eigenvalue weighted by Gasteiger charge is 2.17. The van der Waals surface area contributed by atoms with Crippen LogP contribution in [0.15, 0.2) is 24.3 Å². The van der Waals surface area contributed by atoms with Crippen LogP contribution in [-0.2, 0) is 4.79 Å². The summed E-state index contributed by atoms with van der Waals surface area (Å²) in [7, 11) is 0. The van der Waals surface area contributed by atoms with Gasteiger partial charge < -0.3 is 10.2 Å². The Balaban J connectivity index is 1.80. The zero-order valence-corrected chi connectivity index (χ0v) is 12.8. The smallest absolute Gasteiger partial charge is 0.223 e. The van der Waals surface area contributed by atoms with Crippen molar-refractivity contribution in [2.45, 2.75) is 38.6 Å². The van der Waals surface area contributed by atoms with E-state index in [0.29, 0.717) is 6.42 Å². The molecule has 2 rings (SSSR count). The Morgan fingerprint density at radius 2 is 2.15 bits per heavy atom. The molecule has 4 heteroatoms. The average molecular weight is 295 g/mol. The van der Waals surface area contributed by atoms with Gasteiger partial charge in [-0.3, -0.25) is 4.79 Å². The third-order valence-electron chi connectivity index (χ3n) is 3.85. The predicted octanol–water partition coefficient (Wildman–Crippen LogP) is 3.39. The Kier molecular flexibility index (Phi) is 5.86. The number of amides is 1. The Bertz CT molecular complexity index is 444. The molecule has 1 N–H and O–H groups in total. The van der Waals surface area contributed by atoms with Gasteiger partial charge in [0.05, 0.1) is 0 Å². The fourth-order valence-corrected chi connectivity index (χ4v) is 2.90. The van der Waals surface area contributed by atoms with Crippen molar-refractivity contribution in [2.24, 2.45) is 0 Å². The normalized spacial score (nSPS) is 16.4. The van der Waals surface area contributed by atoms with Gasteiger partial charge in [-0.1, -0.05) is 30.7 Å². The van der Waals surface area contributed by atoms with Gasteiger partial charge >= 0.3 is 0 Å². The van der Waals surface area contributed by atoms with Gasteiger partial charge in [0.1, 0.15) is 0 Å². The predicted molar refractivity (Wildman–Crippen MR) is 82.9 cm³/mol. The number of likely N-dealkylation sites (tertiary alicyclic amines) is 1. The maximum Gasteiger partial charge on any atom is 0.223 e. The van der Waals surface area contributed by atoms with Crippen LogP contribution in [0.4, 0.5) is 0 Å². The van der Waals surface area contributed by atoms with Crippen LogP contribution in [-0.4, -0.2) is 30.4 Å². The number of rotatable bonds is 6. The molecule has 0 radical (unpaired) electrons. The van der Waals surface area contributed by atoms with Gasteiger partial charge in [-0.05, 0) is 37.0 Å². The zero-order chi connectivity index (χ0) is 14.4. The molecular formula is C16H23ClN2O. The molecule has 1 aromatic carbocycles. The van der Waals surface area contributed by atoms with E-state index in [1.165, 1.54) is 5.56 Å². The minimum Gasteiger partial charge on any atom is -0.343 e. The molecule has 1 heterocycles. The van der Waals surface area contributed by atoms with Gasteiger partial charge in [-0.25, -0.2) is 0 Å². The highest BCUT2D eigenvalue weighted by molar-refractivity contribution is 6.30. The molecule has 3 nitrogen and oxygen atoms in total. The van der Waals surface area contributed by atoms with Crippen molar-refractivity contribution in [1.82, 2.24) is 10.2 Å². The summed E-state index contributed by atoms with van der Waals surface area (Å²) >= 11 is 6.03. The third-order valence-corrected chi connectivity index (χ3v) is 4.08. The highest BCUT2D eigenvalue weighted by Crippen LogP contribution is 2.20. The number of halogens is 1. The van der Waals surface area contributed by atoms with E-state index in [2.05, 4.69) is 18.3 Å². The molecule has 0 aromatic heterocycles. The van der Waals surface area contributed by atoms with Crippen LogP contribution < -0.4 is 5.32 Å². The fraction of sp³-hybridized carbons (Fsp3) is 0.562. The molecule has 110 valence electrons. The molecule has 0 aliphatic carbocycles. The zero-order valence-electron chi connectivity index (χ0n) is 12.1. The molecule has 1 saturated heterocycles. The van der Waals surface area contributed by atoms with E-state index in [-0.39, 0.29) is 11.9 Å². The monoisotopic (exact) mass is 294 g/mol. The van der Waals surface area contributed by atoms with Crippen LogP contribution in [0, 0.1) is 0 Å². The topological polar surface area (TPSA) is 32.3 Å². The molecule has 1 fully saturated rings. The lowest BCUT2D eigenvalue weighted by molar-refractivity contribution is -0.130. The molecule has 0 spiro atoms. The van der Waals surface area contributed by atoms with E-state index in [0.717, 1.165) is 43.9 Å². The summed E-state index contributed by atoms with van der Waals surface area (Å²) in [6, 6.07) is 8.19. The lowest BCUT2D eigenvalue weighted by atomic mass is 10.0. The SMILES string of the molecule is CCC(NCCC(=O)N1CCCC1)c1cccc(Cl)c1. The van der Waals surface area contributed by atoms with Gasteiger partial charge in [-0.15, -0.1) is 0 Å². The standard InChI is InChI=1S/C16H23ClN2O/c1-2-15(13-6-5-7-14(17)12-13)18-9-8-16(20)19-10-3-4-11-19/h5-7,12,15,18H,2-4,8-11H2,1H3. The summed E-state index contributed by atoms with van der Waals surface area (Å²) in [6.07, 6.45) is 3.87. The second kappa shape index (κ2) is 7.65. The number of hydrogen-bond donors (Lipinski definition) is 1. The van der Waals surface area contributed by atoms with Crippen LogP contribution in [0.25, 0.3) is 0 Å². The van der Waals surface area contributed by atoms with Crippen LogP contribution in [0.5, 0.6) is 0 Å². The highest BCUT2D eigenvalue weighted by atomic mass is 35.5. The summed E-state index contributed by atoms with van der Waals surface area (Å²) in [4.78, 5) is 13.9. The second-order valence-corrected chi connectivity index (χ2v) is 5.74. The van der Waals surface area contributed by atoms with Crippen molar-refractivity contribution in [2.75, 3.05) is 19.6 Å². The molecular weight excluding hydrogens is 272 g/mol. The van der Waals surface area contributed by atoms with Crippen LogP contribution in [0.3, 0.4) is 0 Å². The van der Waals surface area contributed by atoms with Crippen molar-refractivity contribution < 1.29 is 4.79 Å². The van der Waals surface area contributed by atoms with Gasteiger partial charge in [0, 0.05) is 37.1 Å². The van der Waals surface area contributed by atoms with Crippen molar-refractivity contribution >= 4 is 17.5 Å². The van der Waals surface area contributed by atoms with Crippen LogP contribution in [0.2, 0.25) is 5.02 Å². The summed E-state index contributed by atoms with van der Waals surface area (Å²) in [6.45, 7) is 4.73.